The van der Waals surface area contributed by atoms with Gasteiger partial charge in [-0.2, -0.15) is 0 Å². The number of benzene rings is 2. The number of hydrogen-bond acceptors (Lipinski definition) is 6. The molecule has 1 atom stereocenters. The fourth-order valence-corrected chi connectivity index (χ4v) is 6.37. The highest BCUT2D eigenvalue weighted by Gasteiger charge is 2.37. The Bertz CT molecular complexity index is 1120. The van der Waals surface area contributed by atoms with E-state index in [0.29, 0.717) is 48.4 Å². The lowest BCUT2D eigenvalue weighted by Crippen LogP contribution is -2.32. The second kappa shape index (κ2) is 9.70. The monoisotopic (exact) mass is 494 g/mol. The lowest BCUT2D eigenvalue weighted by Gasteiger charge is -2.29. The van der Waals surface area contributed by atoms with Gasteiger partial charge < -0.3 is 19.1 Å². The summed E-state index contributed by atoms with van der Waals surface area (Å²) in [6, 6.07) is 7.77. The quantitative estimate of drug-likeness (QED) is 0.593. The molecule has 7 nitrogen and oxygen atoms in total. The first-order valence-corrected chi connectivity index (χ1v) is 13.0. The molecule has 0 saturated carbocycles. The number of likely N-dealkylation sites (N-methyl/N-ethyl adjacent to an activating group) is 1. The number of methoxy groups -OCH3 is 1. The van der Waals surface area contributed by atoms with E-state index in [-0.39, 0.29) is 23.4 Å². The molecule has 2 aromatic rings. The Morgan fingerprint density at radius 3 is 2.52 bits per heavy atom. The van der Waals surface area contributed by atoms with E-state index in [1.54, 1.807) is 7.11 Å². The van der Waals surface area contributed by atoms with Crippen LogP contribution in [0.5, 0.6) is 17.2 Å². The molecular weight excluding hydrogens is 464 g/mol. The summed E-state index contributed by atoms with van der Waals surface area (Å²) < 4.78 is 46.8. The molecule has 180 valence electrons. The van der Waals surface area contributed by atoms with Crippen molar-refractivity contribution in [3.63, 3.8) is 0 Å². The van der Waals surface area contributed by atoms with Crippen molar-refractivity contribution in [2.45, 2.75) is 44.0 Å². The third kappa shape index (κ3) is 4.80. The van der Waals surface area contributed by atoms with Crippen LogP contribution in [-0.4, -0.2) is 47.4 Å². The van der Waals surface area contributed by atoms with Gasteiger partial charge in [0.1, 0.15) is 4.90 Å². The molecule has 0 aliphatic carbocycles. The fraction of sp³-hybridized carbons (Fsp3) is 0.500. The Morgan fingerprint density at radius 1 is 1.15 bits per heavy atom. The van der Waals surface area contributed by atoms with Crippen molar-refractivity contribution in [1.82, 2.24) is 9.62 Å². The van der Waals surface area contributed by atoms with Gasteiger partial charge in [0.05, 0.1) is 7.11 Å². The lowest BCUT2D eigenvalue weighted by molar-refractivity contribution is 0.169. The van der Waals surface area contributed by atoms with E-state index in [4.69, 9.17) is 25.8 Å². The van der Waals surface area contributed by atoms with Gasteiger partial charge in [-0.3, -0.25) is 0 Å². The summed E-state index contributed by atoms with van der Waals surface area (Å²) >= 11 is 6.04. The van der Waals surface area contributed by atoms with E-state index in [2.05, 4.69) is 23.5 Å². The number of nitrogens with zero attached hydrogens (tertiary/aromatic N) is 1. The SMILES string of the molecule is COc1c2c(c(S(=O)(=O)NCC[C@@H](c3ccc(Cl)cc3)C(C)C)c3c1OCO3)CCN(C)C2. The molecule has 9 heteroatoms. The molecule has 0 unspecified atom stereocenters. The van der Waals surface area contributed by atoms with E-state index in [1.165, 1.54) is 0 Å². The maximum Gasteiger partial charge on any atom is 0.244 e. The largest absolute Gasteiger partial charge is 0.492 e. The fourth-order valence-electron chi connectivity index (χ4n) is 4.76. The molecule has 0 aromatic heterocycles. The van der Waals surface area contributed by atoms with Gasteiger partial charge in [-0.25, -0.2) is 13.1 Å². The Morgan fingerprint density at radius 2 is 1.85 bits per heavy atom. The van der Waals surface area contributed by atoms with Gasteiger partial charge in [0.25, 0.3) is 0 Å². The van der Waals surface area contributed by atoms with Gasteiger partial charge in [-0.15, -0.1) is 0 Å². The molecule has 2 aliphatic heterocycles. The average molecular weight is 495 g/mol. The summed E-state index contributed by atoms with van der Waals surface area (Å²) in [6.07, 6.45) is 1.26. The summed E-state index contributed by atoms with van der Waals surface area (Å²) in [6.45, 7) is 5.90. The number of sulfonamides is 1. The van der Waals surface area contributed by atoms with Crippen molar-refractivity contribution >= 4 is 21.6 Å². The number of rotatable bonds is 8. The molecule has 0 spiro atoms. The maximum absolute atomic E-state index is 13.6. The number of nitrogens with one attached hydrogen (secondary N) is 1. The molecule has 0 saturated heterocycles. The standard InChI is InChI=1S/C24H31ClN2O5S/c1-15(2)18(16-5-7-17(25)8-6-16)9-11-26-33(28,29)24-19-10-12-27(3)13-20(19)21(30-4)22-23(24)32-14-31-22/h5-8,15,18,26H,9-14H2,1-4H3/t18-/m1/s1. The van der Waals surface area contributed by atoms with Gasteiger partial charge in [0.2, 0.25) is 22.6 Å². The van der Waals surface area contributed by atoms with Crippen LogP contribution < -0.4 is 18.9 Å². The van der Waals surface area contributed by atoms with Crippen molar-refractivity contribution in [3.05, 3.63) is 46.0 Å². The topological polar surface area (TPSA) is 77.1 Å². The first-order valence-electron chi connectivity index (χ1n) is 11.2. The summed E-state index contributed by atoms with van der Waals surface area (Å²) in [5, 5.41) is 0.688. The first-order chi connectivity index (χ1) is 15.7. The second-order valence-corrected chi connectivity index (χ2v) is 11.1. The predicted molar refractivity (Wildman–Crippen MR) is 128 cm³/mol. The maximum atomic E-state index is 13.6. The van der Waals surface area contributed by atoms with E-state index in [9.17, 15) is 8.42 Å². The molecule has 2 aromatic carbocycles. The second-order valence-electron chi connectivity index (χ2n) is 8.96. The highest BCUT2D eigenvalue weighted by Crippen LogP contribution is 2.51. The molecule has 4 rings (SSSR count). The molecule has 0 amide bonds. The summed E-state index contributed by atoms with van der Waals surface area (Å²) in [4.78, 5) is 2.32. The van der Waals surface area contributed by atoms with Crippen molar-refractivity contribution in [2.75, 3.05) is 34.0 Å². The van der Waals surface area contributed by atoms with Crippen LogP contribution in [0.1, 0.15) is 42.9 Å². The van der Waals surface area contributed by atoms with Crippen LogP contribution >= 0.6 is 11.6 Å². The van der Waals surface area contributed by atoms with Gasteiger partial charge in [-0.05, 0) is 55.0 Å². The molecule has 2 heterocycles. The predicted octanol–water partition coefficient (Wildman–Crippen LogP) is 4.17. The summed E-state index contributed by atoms with van der Waals surface area (Å²) in [5.41, 5.74) is 2.74. The minimum Gasteiger partial charge on any atom is -0.492 e. The van der Waals surface area contributed by atoms with Crippen molar-refractivity contribution in [3.8, 4) is 17.2 Å². The molecule has 2 aliphatic rings. The van der Waals surface area contributed by atoms with Crippen LogP contribution in [0, 0.1) is 5.92 Å². The average Bonchev–Trinajstić information content (AvgIpc) is 3.24. The van der Waals surface area contributed by atoms with Crippen LogP contribution in [0.4, 0.5) is 0 Å². The third-order valence-corrected chi connectivity index (χ3v) is 8.24. The van der Waals surface area contributed by atoms with Crippen LogP contribution in [0.2, 0.25) is 5.02 Å². The molecule has 0 bridgehead atoms. The summed E-state index contributed by atoms with van der Waals surface area (Å²) in [7, 11) is -0.257. The Balaban J connectivity index is 1.62. The minimum atomic E-state index is -3.83. The Kier molecular flexibility index (Phi) is 7.09. The van der Waals surface area contributed by atoms with Crippen molar-refractivity contribution < 1.29 is 22.6 Å². The normalized spacial score (nSPS) is 16.7. The molecule has 0 radical (unpaired) electrons. The first kappa shape index (κ1) is 24.1. The van der Waals surface area contributed by atoms with E-state index in [0.717, 1.165) is 23.2 Å². The zero-order valence-corrected chi connectivity index (χ0v) is 21.1. The van der Waals surface area contributed by atoms with Gasteiger partial charge in [0, 0.05) is 30.2 Å². The van der Waals surface area contributed by atoms with Crippen LogP contribution in [0.15, 0.2) is 29.2 Å². The van der Waals surface area contributed by atoms with Crippen LogP contribution in [-0.2, 0) is 23.0 Å². The number of hydrogen-bond donors (Lipinski definition) is 1. The van der Waals surface area contributed by atoms with E-state index in [1.807, 2.05) is 31.3 Å². The minimum absolute atomic E-state index is 0.0288. The van der Waals surface area contributed by atoms with Gasteiger partial charge in [0.15, 0.2) is 11.5 Å². The van der Waals surface area contributed by atoms with E-state index < -0.39 is 10.0 Å². The van der Waals surface area contributed by atoms with Crippen LogP contribution in [0.25, 0.3) is 0 Å². The Hall–Kier alpha value is -2.00. The zero-order chi connectivity index (χ0) is 23.8. The summed E-state index contributed by atoms with van der Waals surface area (Å²) in [5.74, 6) is 1.73. The lowest BCUT2D eigenvalue weighted by atomic mass is 9.86. The number of halogens is 1. The number of ether oxygens (including phenoxy) is 3. The van der Waals surface area contributed by atoms with Gasteiger partial charge >= 0.3 is 0 Å². The highest BCUT2D eigenvalue weighted by molar-refractivity contribution is 7.89. The van der Waals surface area contributed by atoms with Crippen molar-refractivity contribution in [1.29, 1.82) is 0 Å². The molecule has 1 N–H and O–H groups in total. The van der Waals surface area contributed by atoms with Crippen LogP contribution in [0.3, 0.4) is 0 Å². The number of fused-ring (bicyclic) bond motifs is 2. The third-order valence-electron chi connectivity index (χ3n) is 6.43. The molecular formula is C24H31ClN2O5S. The van der Waals surface area contributed by atoms with Crippen molar-refractivity contribution in [2.24, 2.45) is 5.92 Å². The highest BCUT2D eigenvalue weighted by atomic mass is 35.5. The molecule has 0 fully saturated rings. The van der Waals surface area contributed by atoms with E-state index >= 15 is 0 Å². The zero-order valence-electron chi connectivity index (χ0n) is 19.5. The Labute approximate surface area is 201 Å². The molecule has 33 heavy (non-hydrogen) atoms. The van der Waals surface area contributed by atoms with Gasteiger partial charge in [-0.1, -0.05) is 37.6 Å². The smallest absolute Gasteiger partial charge is 0.244 e.